The van der Waals surface area contributed by atoms with Crippen molar-refractivity contribution in [3.63, 3.8) is 0 Å². The average molecular weight is 387 g/mol. The van der Waals surface area contributed by atoms with Gasteiger partial charge in [0.25, 0.3) is 0 Å². The normalized spacial score (nSPS) is 13.6. The maximum atomic E-state index is 4.36. The molecule has 0 saturated heterocycles. The van der Waals surface area contributed by atoms with Crippen LogP contribution in [0.2, 0.25) is 0 Å². The maximum Gasteiger partial charge on any atom is 0.0724 e. The third-order valence-corrected chi connectivity index (χ3v) is 6.62. The molecule has 0 heteroatoms. The number of fused-ring (bicyclic) bond motifs is 3. The molecule has 0 spiro atoms. The fourth-order valence-electron chi connectivity index (χ4n) is 5.41. The predicted molar refractivity (Wildman–Crippen MR) is 128 cm³/mol. The van der Waals surface area contributed by atoms with E-state index in [1.54, 1.807) is 0 Å². The summed E-state index contributed by atoms with van der Waals surface area (Å²) in [6.45, 7) is 11.0. The van der Waals surface area contributed by atoms with E-state index in [1.165, 1.54) is 50.1 Å². The van der Waals surface area contributed by atoms with E-state index in [1.807, 2.05) is 0 Å². The van der Waals surface area contributed by atoms with Gasteiger partial charge in [-0.3, -0.25) is 0 Å². The van der Waals surface area contributed by atoms with Gasteiger partial charge in [0.1, 0.15) is 0 Å². The fraction of sp³-hybridized carbons (Fsp3) is 0.133. The molecule has 5 rings (SSSR count). The third-order valence-electron chi connectivity index (χ3n) is 6.62. The van der Waals surface area contributed by atoms with Gasteiger partial charge >= 0.3 is 0 Å². The zero-order chi connectivity index (χ0) is 20.9. The van der Waals surface area contributed by atoms with Crippen LogP contribution in [0.15, 0.2) is 97.6 Å². The van der Waals surface area contributed by atoms with Crippen molar-refractivity contribution in [3.05, 3.63) is 137 Å². The van der Waals surface area contributed by atoms with Crippen molar-refractivity contribution in [2.75, 3.05) is 0 Å². The molecule has 0 radical (unpaired) electrons. The lowest BCUT2D eigenvalue weighted by Crippen LogP contribution is -2.31. The van der Waals surface area contributed by atoms with E-state index in [9.17, 15) is 0 Å². The standard InChI is InChI=1S/C30H26/c1-20(2)23-15-11-16-25-24-14-7-10-19-28(24)30(29(23)25,26-17-8-5-12-21(26)3)27-18-9-6-13-22(27)4/h5-19H,1H2,2-4H3. The van der Waals surface area contributed by atoms with Gasteiger partial charge in [0.05, 0.1) is 5.41 Å². The van der Waals surface area contributed by atoms with Gasteiger partial charge < -0.3 is 0 Å². The van der Waals surface area contributed by atoms with Crippen LogP contribution in [0.3, 0.4) is 0 Å². The lowest BCUT2D eigenvalue weighted by molar-refractivity contribution is 0.751. The molecule has 1 aliphatic carbocycles. The summed E-state index contributed by atoms with van der Waals surface area (Å²) in [4.78, 5) is 0. The molecule has 0 atom stereocenters. The van der Waals surface area contributed by atoms with Crippen LogP contribution in [-0.2, 0) is 5.41 Å². The van der Waals surface area contributed by atoms with E-state index < -0.39 is 0 Å². The molecule has 146 valence electrons. The van der Waals surface area contributed by atoms with Gasteiger partial charge in [0.2, 0.25) is 0 Å². The minimum absolute atomic E-state index is 0.363. The first-order chi connectivity index (χ1) is 14.6. The van der Waals surface area contributed by atoms with E-state index >= 15 is 0 Å². The van der Waals surface area contributed by atoms with Crippen LogP contribution < -0.4 is 0 Å². The highest BCUT2D eigenvalue weighted by Gasteiger charge is 2.48. The minimum atomic E-state index is -0.363. The highest BCUT2D eigenvalue weighted by Crippen LogP contribution is 2.58. The molecule has 4 aromatic carbocycles. The summed E-state index contributed by atoms with van der Waals surface area (Å²) >= 11 is 0. The zero-order valence-corrected chi connectivity index (χ0v) is 17.9. The van der Waals surface area contributed by atoms with Gasteiger partial charge in [0.15, 0.2) is 0 Å². The largest absolute Gasteiger partial charge is 0.0955 e. The molecule has 0 heterocycles. The van der Waals surface area contributed by atoms with E-state index in [2.05, 4.69) is 118 Å². The van der Waals surface area contributed by atoms with Crippen molar-refractivity contribution in [1.82, 2.24) is 0 Å². The Kier molecular flexibility index (Phi) is 4.25. The molecular formula is C30H26. The predicted octanol–water partition coefficient (Wildman–Crippen LogP) is 7.70. The first-order valence-corrected chi connectivity index (χ1v) is 10.6. The molecule has 0 saturated carbocycles. The summed E-state index contributed by atoms with van der Waals surface area (Å²) in [7, 11) is 0. The Labute approximate surface area is 179 Å². The van der Waals surface area contributed by atoms with Crippen LogP contribution in [0.1, 0.15) is 45.9 Å². The Morgan fingerprint density at radius 1 is 0.600 bits per heavy atom. The monoisotopic (exact) mass is 386 g/mol. The van der Waals surface area contributed by atoms with Crippen molar-refractivity contribution < 1.29 is 0 Å². The summed E-state index contributed by atoms with van der Waals surface area (Å²) in [5, 5.41) is 0. The summed E-state index contributed by atoms with van der Waals surface area (Å²) in [6.07, 6.45) is 0. The van der Waals surface area contributed by atoms with E-state index in [4.69, 9.17) is 0 Å². The number of hydrogen-bond donors (Lipinski definition) is 0. The van der Waals surface area contributed by atoms with Crippen LogP contribution in [0.4, 0.5) is 0 Å². The smallest absolute Gasteiger partial charge is 0.0724 e. The number of hydrogen-bond acceptors (Lipinski definition) is 0. The Morgan fingerprint density at radius 2 is 1.10 bits per heavy atom. The molecule has 0 unspecified atom stereocenters. The zero-order valence-electron chi connectivity index (χ0n) is 17.9. The molecule has 0 N–H and O–H groups in total. The van der Waals surface area contributed by atoms with E-state index in [0.717, 1.165) is 5.57 Å². The fourth-order valence-corrected chi connectivity index (χ4v) is 5.41. The van der Waals surface area contributed by atoms with Gasteiger partial charge in [-0.05, 0) is 70.8 Å². The lowest BCUT2D eigenvalue weighted by Gasteiger charge is -2.37. The van der Waals surface area contributed by atoms with Crippen molar-refractivity contribution >= 4 is 5.57 Å². The summed E-state index contributed by atoms with van der Waals surface area (Å²) < 4.78 is 0. The molecule has 1 aliphatic rings. The summed E-state index contributed by atoms with van der Waals surface area (Å²) in [5.74, 6) is 0. The van der Waals surface area contributed by atoms with Gasteiger partial charge in [-0.2, -0.15) is 0 Å². The number of benzene rings is 4. The topological polar surface area (TPSA) is 0 Å². The van der Waals surface area contributed by atoms with Crippen LogP contribution in [0.25, 0.3) is 16.7 Å². The number of aryl methyl sites for hydroxylation is 2. The quantitative estimate of drug-likeness (QED) is 0.298. The molecule has 0 aromatic heterocycles. The third kappa shape index (κ3) is 2.40. The lowest BCUT2D eigenvalue weighted by atomic mass is 9.64. The van der Waals surface area contributed by atoms with Crippen molar-refractivity contribution in [1.29, 1.82) is 0 Å². The van der Waals surface area contributed by atoms with E-state index in [0.29, 0.717) is 0 Å². The molecule has 30 heavy (non-hydrogen) atoms. The summed E-state index contributed by atoms with van der Waals surface area (Å²) in [5.41, 5.74) is 12.6. The minimum Gasteiger partial charge on any atom is -0.0955 e. The summed E-state index contributed by atoms with van der Waals surface area (Å²) in [6, 6.07) is 33.3. The maximum absolute atomic E-state index is 4.36. The molecule has 0 nitrogen and oxygen atoms in total. The Morgan fingerprint density at radius 3 is 1.67 bits per heavy atom. The van der Waals surface area contributed by atoms with Crippen LogP contribution >= 0.6 is 0 Å². The number of rotatable bonds is 3. The van der Waals surface area contributed by atoms with Gasteiger partial charge in [-0.15, -0.1) is 0 Å². The van der Waals surface area contributed by atoms with E-state index in [-0.39, 0.29) is 5.41 Å². The molecule has 0 fully saturated rings. The number of allylic oxidation sites excluding steroid dienone is 1. The van der Waals surface area contributed by atoms with Crippen molar-refractivity contribution in [2.45, 2.75) is 26.2 Å². The second kappa shape index (κ2) is 6.85. The Bertz CT molecular complexity index is 1240. The molecule has 0 amide bonds. The molecule has 0 bridgehead atoms. The van der Waals surface area contributed by atoms with Crippen LogP contribution in [0, 0.1) is 13.8 Å². The Hall–Kier alpha value is -3.38. The van der Waals surface area contributed by atoms with Crippen molar-refractivity contribution in [2.24, 2.45) is 0 Å². The SMILES string of the molecule is C=C(C)c1cccc2c1C(c1ccccc1C)(c1ccccc1C)c1ccccc1-2. The van der Waals surface area contributed by atoms with Gasteiger partial charge in [-0.1, -0.05) is 103 Å². The van der Waals surface area contributed by atoms with Crippen LogP contribution in [0.5, 0.6) is 0 Å². The molecular weight excluding hydrogens is 360 g/mol. The molecule has 0 aliphatic heterocycles. The average Bonchev–Trinajstić information content (AvgIpc) is 3.06. The Balaban J connectivity index is 2.08. The highest BCUT2D eigenvalue weighted by atomic mass is 14.5. The van der Waals surface area contributed by atoms with Crippen molar-refractivity contribution in [3.8, 4) is 11.1 Å². The second-order valence-corrected chi connectivity index (χ2v) is 8.43. The van der Waals surface area contributed by atoms with Crippen LogP contribution in [-0.4, -0.2) is 0 Å². The first-order valence-electron chi connectivity index (χ1n) is 10.6. The van der Waals surface area contributed by atoms with Gasteiger partial charge in [-0.25, -0.2) is 0 Å². The molecule has 4 aromatic rings. The van der Waals surface area contributed by atoms with Gasteiger partial charge in [0, 0.05) is 0 Å². The second-order valence-electron chi connectivity index (χ2n) is 8.43. The first kappa shape index (κ1) is 18.6. The highest BCUT2D eigenvalue weighted by molar-refractivity contribution is 5.91.